The number of nitrogens with zero attached hydrogens (tertiary/aromatic N) is 1. The van der Waals surface area contributed by atoms with Crippen LogP contribution in [0.25, 0.3) is 0 Å². The summed E-state index contributed by atoms with van der Waals surface area (Å²) in [5.74, 6) is -0.575. The van der Waals surface area contributed by atoms with Gasteiger partial charge in [0.15, 0.2) is 0 Å². The van der Waals surface area contributed by atoms with Gasteiger partial charge < -0.3 is 15.2 Å². The van der Waals surface area contributed by atoms with Gasteiger partial charge in [0.1, 0.15) is 5.75 Å². The van der Waals surface area contributed by atoms with Gasteiger partial charge in [-0.1, -0.05) is 0 Å². The molecule has 7 nitrogen and oxygen atoms in total. The number of hydrogen-bond donors (Lipinski definition) is 2. The van der Waals surface area contributed by atoms with E-state index in [1.807, 2.05) is 0 Å². The minimum Gasteiger partial charge on any atom is -0.495 e. The molecule has 0 aliphatic heterocycles. The number of nitro groups is 1. The second kappa shape index (κ2) is 6.66. The molecule has 0 bridgehead atoms. The lowest BCUT2D eigenvalue weighted by Gasteiger charge is -2.16. The van der Waals surface area contributed by atoms with Gasteiger partial charge in [-0.25, -0.2) is 4.79 Å². The SMILES string of the molecule is COc1ccc(C(=O)O)c(C)c1Nc1ccc([N+](=O)[O-])cc1Br. The van der Waals surface area contributed by atoms with Gasteiger partial charge in [-0.3, -0.25) is 10.1 Å². The summed E-state index contributed by atoms with van der Waals surface area (Å²) in [5, 5.41) is 23.1. The van der Waals surface area contributed by atoms with Gasteiger partial charge in [0.05, 0.1) is 29.0 Å². The first kappa shape index (κ1) is 16.8. The summed E-state index contributed by atoms with van der Waals surface area (Å²) in [4.78, 5) is 21.5. The average molecular weight is 381 g/mol. The Kier molecular flexibility index (Phi) is 4.85. The Bertz CT molecular complexity index is 792. The Morgan fingerprint density at radius 1 is 1.35 bits per heavy atom. The minimum atomic E-state index is -1.05. The maximum Gasteiger partial charge on any atom is 0.336 e. The van der Waals surface area contributed by atoms with Crippen LogP contribution >= 0.6 is 15.9 Å². The summed E-state index contributed by atoms with van der Waals surface area (Å²) in [6.45, 7) is 1.66. The first-order chi connectivity index (χ1) is 10.8. The first-order valence-corrected chi connectivity index (χ1v) is 7.26. The van der Waals surface area contributed by atoms with E-state index in [0.717, 1.165) is 0 Å². The number of nitrogens with one attached hydrogen (secondary N) is 1. The molecule has 0 saturated heterocycles. The van der Waals surface area contributed by atoms with Crippen LogP contribution in [-0.2, 0) is 0 Å². The molecule has 120 valence electrons. The molecule has 0 aliphatic carbocycles. The van der Waals surface area contributed by atoms with E-state index in [9.17, 15) is 20.0 Å². The van der Waals surface area contributed by atoms with Crippen molar-refractivity contribution < 1.29 is 19.6 Å². The highest BCUT2D eigenvalue weighted by atomic mass is 79.9. The van der Waals surface area contributed by atoms with Gasteiger partial charge in [-0.2, -0.15) is 0 Å². The monoisotopic (exact) mass is 380 g/mol. The molecule has 0 spiro atoms. The highest BCUT2D eigenvalue weighted by Gasteiger charge is 2.17. The number of carbonyl (C=O) groups is 1. The van der Waals surface area contributed by atoms with E-state index in [1.165, 1.54) is 31.4 Å². The van der Waals surface area contributed by atoms with E-state index in [1.54, 1.807) is 13.0 Å². The summed E-state index contributed by atoms with van der Waals surface area (Å²) >= 11 is 3.27. The van der Waals surface area contributed by atoms with Crippen molar-refractivity contribution in [1.29, 1.82) is 0 Å². The lowest BCUT2D eigenvalue weighted by molar-refractivity contribution is -0.384. The fourth-order valence-corrected chi connectivity index (χ4v) is 2.56. The predicted molar refractivity (Wildman–Crippen MR) is 88.8 cm³/mol. The average Bonchev–Trinajstić information content (AvgIpc) is 2.50. The fraction of sp³-hybridized carbons (Fsp3) is 0.133. The second-order valence-electron chi connectivity index (χ2n) is 4.67. The van der Waals surface area contributed by atoms with E-state index in [4.69, 9.17) is 4.74 Å². The molecule has 0 fully saturated rings. The Balaban J connectivity index is 2.49. The number of anilines is 2. The highest BCUT2D eigenvalue weighted by molar-refractivity contribution is 9.10. The minimum absolute atomic E-state index is 0.0506. The molecule has 2 aromatic carbocycles. The zero-order valence-electron chi connectivity index (χ0n) is 12.3. The van der Waals surface area contributed by atoms with Crippen molar-refractivity contribution in [3.05, 3.63) is 56.0 Å². The molecule has 0 radical (unpaired) electrons. The van der Waals surface area contributed by atoms with Crippen molar-refractivity contribution in [2.75, 3.05) is 12.4 Å². The summed E-state index contributed by atoms with van der Waals surface area (Å²) in [5.41, 5.74) is 1.64. The summed E-state index contributed by atoms with van der Waals surface area (Å²) in [6, 6.07) is 7.28. The molecule has 2 rings (SSSR count). The molecular formula is C15H13BrN2O5. The molecule has 0 aromatic heterocycles. The zero-order chi connectivity index (χ0) is 17.1. The number of nitro benzene ring substituents is 1. The molecule has 0 aliphatic rings. The molecule has 0 unspecified atom stereocenters. The zero-order valence-corrected chi connectivity index (χ0v) is 13.9. The normalized spacial score (nSPS) is 10.2. The third-order valence-corrected chi connectivity index (χ3v) is 3.96. The van der Waals surface area contributed by atoms with Gasteiger partial charge in [0.25, 0.3) is 5.69 Å². The van der Waals surface area contributed by atoms with Crippen LogP contribution in [0, 0.1) is 17.0 Å². The molecule has 0 atom stereocenters. The van der Waals surface area contributed by atoms with Crippen molar-refractivity contribution in [1.82, 2.24) is 0 Å². The van der Waals surface area contributed by atoms with Crippen molar-refractivity contribution in [2.24, 2.45) is 0 Å². The van der Waals surface area contributed by atoms with E-state index >= 15 is 0 Å². The fourth-order valence-electron chi connectivity index (χ4n) is 2.10. The third kappa shape index (κ3) is 3.42. The Morgan fingerprint density at radius 3 is 2.57 bits per heavy atom. The maximum atomic E-state index is 11.3. The van der Waals surface area contributed by atoms with Crippen LogP contribution in [0.2, 0.25) is 0 Å². The van der Waals surface area contributed by atoms with Crippen LogP contribution in [0.5, 0.6) is 5.75 Å². The Morgan fingerprint density at radius 2 is 2.04 bits per heavy atom. The van der Waals surface area contributed by atoms with Gasteiger partial charge in [0.2, 0.25) is 0 Å². The van der Waals surface area contributed by atoms with Crippen LogP contribution in [-0.4, -0.2) is 23.1 Å². The van der Waals surface area contributed by atoms with Crippen LogP contribution in [0.15, 0.2) is 34.8 Å². The van der Waals surface area contributed by atoms with E-state index in [2.05, 4.69) is 21.2 Å². The van der Waals surface area contributed by atoms with Crippen molar-refractivity contribution in [3.63, 3.8) is 0 Å². The van der Waals surface area contributed by atoms with Crippen LogP contribution in [0.1, 0.15) is 15.9 Å². The number of non-ortho nitro benzene ring substituents is 1. The quantitative estimate of drug-likeness (QED) is 0.597. The largest absolute Gasteiger partial charge is 0.495 e. The van der Waals surface area contributed by atoms with E-state index in [-0.39, 0.29) is 11.3 Å². The van der Waals surface area contributed by atoms with Gasteiger partial charge in [0, 0.05) is 16.6 Å². The summed E-state index contributed by atoms with van der Waals surface area (Å²) in [6.07, 6.45) is 0. The third-order valence-electron chi connectivity index (χ3n) is 3.30. The number of carboxylic acids is 1. The molecular weight excluding hydrogens is 368 g/mol. The molecule has 2 aromatic rings. The lowest BCUT2D eigenvalue weighted by Crippen LogP contribution is -2.05. The van der Waals surface area contributed by atoms with E-state index in [0.29, 0.717) is 27.2 Å². The Hall–Kier alpha value is -2.61. The van der Waals surface area contributed by atoms with E-state index < -0.39 is 10.9 Å². The number of hydrogen-bond acceptors (Lipinski definition) is 5. The molecule has 0 saturated carbocycles. The smallest absolute Gasteiger partial charge is 0.336 e. The van der Waals surface area contributed by atoms with Crippen LogP contribution in [0.3, 0.4) is 0 Å². The van der Waals surface area contributed by atoms with Crippen LogP contribution < -0.4 is 10.1 Å². The number of ether oxygens (including phenoxy) is 1. The first-order valence-electron chi connectivity index (χ1n) is 6.47. The van der Waals surface area contributed by atoms with Crippen molar-refractivity contribution >= 4 is 39.0 Å². The van der Waals surface area contributed by atoms with Gasteiger partial charge in [-0.05, 0) is 46.6 Å². The predicted octanol–water partition coefficient (Wildman–Crippen LogP) is 4.12. The topological polar surface area (TPSA) is 102 Å². The second-order valence-corrected chi connectivity index (χ2v) is 5.52. The van der Waals surface area contributed by atoms with Crippen molar-refractivity contribution in [2.45, 2.75) is 6.92 Å². The maximum absolute atomic E-state index is 11.3. The lowest BCUT2D eigenvalue weighted by atomic mass is 10.1. The molecule has 8 heteroatoms. The van der Waals surface area contributed by atoms with Gasteiger partial charge >= 0.3 is 5.97 Å². The number of methoxy groups -OCH3 is 1. The van der Waals surface area contributed by atoms with Crippen LogP contribution in [0.4, 0.5) is 17.1 Å². The van der Waals surface area contributed by atoms with Gasteiger partial charge in [-0.15, -0.1) is 0 Å². The van der Waals surface area contributed by atoms with Crippen molar-refractivity contribution in [3.8, 4) is 5.75 Å². The summed E-state index contributed by atoms with van der Waals surface area (Å²) < 4.78 is 5.74. The Labute approximate surface area is 140 Å². The summed E-state index contributed by atoms with van der Waals surface area (Å²) in [7, 11) is 1.48. The number of aromatic carboxylic acids is 1. The molecule has 0 heterocycles. The number of rotatable bonds is 5. The number of halogens is 1. The highest BCUT2D eigenvalue weighted by Crippen LogP contribution is 2.36. The number of carboxylic acid groups (broad SMARTS) is 1. The molecule has 0 amide bonds. The molecule has 23 heavy (non-hydrogen) atoms. The standard InChI is InChI=1S/C15H13BrN2O5/c1-8-10(15(19)20)4-6-13(23-2)14(8)17-12-5-3-9(18(21)22)7-11(12)16/h3-7,17H,1-2H3,(H,19,20). The number of benzene rings is 2. The molecule has 2 N–H and O–H groups in total.